The number of hydrogen-bond donors (Lipinski definition) is 0. The largest absolute Gasteiger partial charge is 0.339 e. The second-order valence-corrected chi connectivity index (χ2v) is 5.02. The lowest BCUT2D eigenvalue weighted by Gasteiger charge is -2.34. The summed E-state index contributed by atoms with van der Waals surface area (Å²) in [6.45, 7) is 3.91. The van der Waals surface area contributed by atoms with Crippen molar-refractivity contribution in [3.05, 3.63) is 35.6 Å². The summed E-state index contributed by atoms with van der Waals surface area (Å²) in [6, 6.07) is 6.33. The quantitative estimate of drug-likeness (QED) is 0.839. The zero-order valence-electron chi connectivity index (χ0n) is 11.6. The van der Waals surface area contributed by atoms with Crippen LogP contribution in [0.4, 0.5) is 4.39 Å². The lowest BCUT2D eigenvalue weighted by atomic mass is 10.1. The zero-order chi connectivity index (χ0) is 14.5. The number of benzene rings is 1. The predicted octanol–water partition coefficient (Wildman–Crippen LogP) is 1.45. The first-order chi connectivity index (χ1) is 9.56. The number of aryl methyl sites for hydroxylation is 1. The van der Waals surface area contributed by atoms with Gasteiger partial charge in [0.2, 0.25) is 11.8 Å². The number of hydrogen-bond acceptors (Lipinski definition) is 2. The fourth-order valence-electron chi connectivity index (χ4n) is 2.37. The van der Waals surface area contributed by atoms with Crippen LogP contribution < -0.4 is 0 Å². The number of carbonyl (C=O) groups excluding carboxylic acids is 2. The van der Waals surface area contributed by atoms with E-state index < -0.39 is 0 Å². The van der Waals surface area contributed by atoms with Crippen molar-refractivity contribution in [2.24, 2.45) is 0 Å². The van der Waals surface area contributed by atoms with Crippen LogP contribution in [0.5, 0.6) is 0 Å². The number of halogens is 1. The molecule has 2 rings (SSSR count). The third-order valence-electron chi connectivity index (χ3n) is 3.59. The van der Waals surface area contributed by atoms with E-state index >= 15 is 0 Å². The average molecular weight is 278 g/mol. The first-order valence-corrected chi connectivity index (χ1v) is 6.84. The molecule has 1 fully saturated rings. The summed E-state index contributed by atoms with van der Waals surface area (Å²) >= 11 is 0. The SMILES string of the molecule is CC(=O)N1CCN(C(=O)CCc2cccc(F)c2)CC1. The molecule has 0 aliphatic carbocycles. The Hall–Kier alpha value is -1.91. The Morgan fingerprint density at radius 1 is 1.15 bits per heavy atom. The average Bonchev–Trinajstić information content (AvgIpc) is 2.45. The highest BCUT2D eigenvalue weighted by Gasteiger charge is 2.21. The van der Waals surface area contributed by atoms with Crippen LogP contribution >= 0.6 is 0 Å². The van der Waals surface area contributed by atoms with Gasteiger partial charge in [0.05, 0.1) is 0 Å². The molecule has 20 heavy (non-hydrogen) atoms. The van der Waals surface area contributed by atoms with Gasteiger partial charge in [-0.25, -0.2) is 4.39 Å². The molecular weight excluding hydrogens is 259 g/mol. The fraction of sp³-hybridized carbons (Fsp3) is 0.467. The molecule has 0 atom stereocenters. The van der Waals surface area contributed by atoms with Crippen LogP contribution in [-0.2, 0) is 16.0 Å². The van der Waals surface area contributed by atoms with Gasteiger partial charge in [0.25, 0.3) is 0 Å². The molecule has 1 saturated heterocycles. The van der Waals surface area contributed by atoms with E-state index in [1.807, 2.05) is 6.07 Å². The molecule has 5 heteroatoms. The van der Waals surface area contributed by atoms with Crippen molar-refractivity contribution < 1.29 is 14.0 Å². The van der Waals surface area contributed by atoms with E-state index in [1.165, 1.54) is 12.1 Å². The first kappa shape index (κ1) is 14.5. The number of amides is 2. The summed E-state index contributed by atoms with van der Waals surface area (Å²) in [4.78, 5) is 26.8. The highest BCUT2D eigenvalue weighted by molar-refractivity contribution is 5.77. The van der Waals surface area contributed by atoms with Crippen LogP contribution in [0, 0.1) is 5.82 Å². The molecule has 0 N–H and O–H groups in total. The minimum absolute atomic E-state index is 0.0526. The van der Waals surface area contributed by atoms with Crippen LogP contribution in [-0.4, -0.2) is 47.8 Å². The van der Waals surface area contributed by atoms with Gasteiger partial charge in [0.1, 0.15) is 5.82 Å². The molecule has 1 heterocycles. The van der Waals surface area contributed by atoms with E-state index in [1.54, 1.807) is 22.8 Å². The molecule has 1 aromatic carbocycles. The maximum atomic E-state index is 13.0. The second kappa shape index (κ2) is 6.50. The van der Waals surface area contributed by atoms with Crippen molar-refractivity contribution in [2.75, 3.05) is 26.2 Å². The number of rotatable bonds is 3. The van der Waals surface area contributed by atoms with Gasteiger partial charge in [-0.2, -0.15) is 0 Å². The number of carbonyl (C=O) groups is 2. The van der Waals surface area contributed by atoms with E-state index in [0.717, 1.165) is 5.56 Å². The van der Waals surface area contributed by atoms with Gasteiger partial charge in [0.15, 0.2) is 0 Å². The highest BCUT2D eigenvalue weighted by atomic mass is 19.1. The molecule has 108 valence electrons. The summed E-state index contributed by atoms with van der Waals surface area (Å²) in [6.07, 6.45) is 0.924. The van der Waals surface area contributed by atoms with Crippen molar-refractivity contribution >= 4 is 11.8 Å². The van der Waals surface area contributed by atoms with E-state index in [4.69, 9.17) is 0 Å². The van der Waals surface area contributed by atoms with Gasteiger partial charge in [0, 0.05) is 39.5 Å². The maximum absolute atomic E-state index is 13.0. The van der Waals surface area contributed by atoms with Crippen LogP contribution in [0.3, 0.4) is 0 Å². The summed E-state index contributed by atoms with van der Waals surface area (Å²) < 4.78 is 13.0. The summed E-state index contributed by atoms with van der Waals surface area (Å²) in [5.41, 5.74) is 0.834. The van der Waals surface area contributed by atoms with Gasteiger partial charge in [-0.1, -0.05) is 12.1 Å². The van der Waals surface area contributed by atoms with E-state index in [2.05, 4.69) is 0 Å². The maximum Gasteiger partial charge on any atom is 0.223 e. The monoisotopic (exact) mass is 278 g/mol. The van der Waals surface area contributed by atoms with Crippen molar-refractivity contribution in [1.29, 1.82) is 0 Å². The molecule has 0 spiro atoms. The van der Waals surface area contributed by atoms with E-state index in [0.29, 0.717) is 39.0 Å². The Morgan fingerprint density at radius 3 is 2.40 bits per heavy atom. The minimum Gasteiger partial charge on any atom is -0.339 e. The summed E-state index contributed by atoms with van der Waals surface area (Å²) in [5.74, 6) is -0.153. The molecule has 1 aliphatic heterocycles. The smallest absolute Gasteiger partial charge is 0.223 e. The molecule has 0 radical (unpaired) electrons. The molecule has 0 unspecified atom stereocenters. The lowest BCUT2D eigenvalue weighted by Crippen LogP contribution is -2.50. The Labute approximate surface area is 118 Å². The Balaban J connectivity index is 1.80. The lowest BCUT2D eigenvalue weighted by molar-refractivity contribution is -0.138. The van der Waals surface area contributed by atoms with Gasteiger partial charge in [-0.3, -0.25) is 9.59 Å². The summed E-state index contributed by atoms with van der Waals surface area (Å²) in [7, 11) is 0. The Kier molecular flexibility index (Phi) is 4.71. The molecular formula is C15H19FN2O2. The molecule has 1 aromatic rings. The topological polar surface area (TPSA) is 40.6 Å². The molecule has 0 bridgehead atoms. The fourth-order valence-corrected chi connectivity index (χ4v) is 2.37. The van der Waals surface area contributed by atoms with Crippen molar-refractivity contribution in [3.8, 4) is 0 Å². The van der Waals surface area contributed by atoms with Crippen molar-refractivity contribution in [2.45, 2.75) is 19.8 Å². The van der Waals surface area contributed by atoms with Crippen molar-refractivity contribution in [3.63, 3.8) is 0 Å². The molecule has 0 aromatic heterocycles. The van der Waals surface area contributed by atoms with Crippen LogP contribution in [0.25, 0.3) is 0 Å². The van der Waals surface area contributed by atoms with Gasteiger partial charge in [-0.05, 0) is 24.1 Å². The Bertz CT molecular complexity index is 496. The molecule has 2 amide bonds. The normalized spacial score (nSPS) is 15.3. The predicted molar refractivity (Wildman–Crippen MR) is 73.6 cm³/mol. The van der Waals surface area contributed by atoms with Crippen LogP contribution in [0.2, 0.25) is 0 Å². The van der Waals surface area contributed by atoms with Gasteiger partial charge < -0.3 is 9.80 Å². The number of piperazine rings is 1. The molecule has 4 nitrogen and oxygen atoms in total. The van der Waals surface area contributed by atoms with Crippen LogP contribution in [0.15, 0.2) is 24.3 Å². The third kappa shape index (κ3) is 3.79. The van der Waals surface area contributed by atoms with Crippen LogP contribution in [0.1, 0.15) is 18.9 Å². The summed E-state index contributed by atoms with van der Waals surface area (Å²) in [5, 5.41) is 0. The van der Waals surface area contributed by atoms with E-state index in [9.17, 15) is 14.0 Å². The highest BCUT2D eigenvalue weighted by Crippen LogP contribution is 2.09. The third-order valence-corrected chi connectivity index (χ3v) is 3.59. The minimum atomic E-state index is -0.273. The van der Waals surface area contributed by atoms with Gasteiger partial charge in [-0.15, -0.1) is 0 Å². The van der Waals surface area contributed by atoms with Crippen molar-refractivity contribution in [1.82, 2.24) is 9.80 Å². The van der Waals surface area contributed by atoms with Gasteiger partial charge >= 0.3 is 0 Å². The number of nitrogens with zero attached hydrogens (tertiary/aromatic N) is 2. The Morgan fingerprint density at radius 2 is 1.80 bits per heavy atom. The molecule has 1 aliphatic rings. The zero-order valence-corrected chi connectivity index (χ0v) is 11.6. The van der Waals surface area contributed by atoms with E-state index in [-0.39, 0.29) is 17.6 Å². The standard InChI is InChI=1S/C15H19FN2O2/c1-12(19)17-7-9-18(10-8-17)15(20)6-5-13-3-2-4-14(16)11-13/h2-4,11H,5-10H2,1H3. The molecule has 0 saturated carbocycles. The second-order valence-electron chi connectivity index (χ2n) is 5.02. The first-order valence-electron chi connectivity index (χ1n) is 6.84.